The Labute approximate surface area is 109 Å². The summed E-state index contributed by atoms with van der Waals surface area (Å²) in [6.07, 6.45) is 0.889. The lowest BCUT2D eigenvalue weighted by Crippen LogP contribution is -2.22. The molecule has 0 heterocycles. The Balaban J connectivity index is 2.83. The molecule has 0 aliphatic heterocycles. The van der Waals surface area contributed by atoms with E-state index < -0.39 is 0 Å². The predicted molar refractivity (Wildman–Crippen MR) is 72.2 cm³/mol. The SMILES string of the molecule is CCOc1ccc(C(CC(C)CN)NC)cc1F. The quantitative estimate of drug-likeness (QED) is 0.786. The van der Waals surface area contributed by atoms with Gasteiger partial charge in [0.2, 0.25) is 0 Å². The fourth-order valence-corrected chi connectivity index (χ4v) is 1.93. The number of nitrogens with one attached hydrogen (secondary N) is 1. The molecule has 0 radical (unpaired) electrons. The van der Waals surface area contributed by atoms with Crippen molar-refractivity contribution in [1.82, 2.24) is 5.32 Å². The van der Waals surface area contributed by atoms with Gasteiger partial charge in [0.05, 0.1) is 6.61 Å². The topological polar surface area (TPSA) is 47.3 Å². The highest BCUT2D eigenvalue weighted by Crippen LogP contribution is 2.25. The fourth-order valence-electron chi connectivity index (χ4n) is 1.93. The molecule has 0 aliphatic carbocycles. The number of nitrogens with two attached hydrogens (primary N) is 1. The van der Waals surface area contributed by atoms with E-state index in [1.165, 1.54) is 6.07 Å². The third-order valence-corrected chi connectivity index (χ3v) is 3.05. The molecule has 0 aliphatic rings. The molecule has 0 saturated heterocycles. The van der Waals surface area contributed by atoms with Gasteiger partial charge in [-0.25, -0.2) is 4.39 Å². The smallest absolute Gasteiger partial charge is 0.165 e. The molecule has 1 aromatic carbocycles. The van der Waals surface area contributed by atoms with E-state index >= 15 is 0 Å². The van der Waals surface area contributed by atoms with Gasteiger partial charge in [0, 0.05) is 6.04 Å². The number of ether oxygens (including phenoxy) is 1. The minimum absolute atomic E-state index is 0.119. The van der Waals surface area contributed by atoms with Crippen LogP contribution in [-0.4, -0.2) is 20.2 Å². The Bertz CT molecular complexity index is 371. The maximum Gasteiger partial charge on any atom is 0.165 e. The Morgan fingerprint density at radius 3 is 2.67 bits per heavy atom. The molecule has 102 valence electrons. The molecule has 0 bridgehead atoms. The van der Waals surface area contributed by atoms with Crippen LogP contribution in [0.25, 0.3) is 0 Å². The summed E-state index contributed by atoms with van der Waals surface area (Å²) in [5, 5.41) is 3.20. The van der Waals surface area contributed by atoms with E-state index in [1.807, 2.05) is 20.0 Å². The molecule has 2 unspecified atom stereocenters. The summed E-state index contributed by atoms with van der Waals surface area (Å²) in [6.45, 7) is 5.04. The van der Waals surface area contributed by atoms with Crippen molar-refractivity contribution < 1.29 is 9.13 Å². The Morgan fingerprint density at radius 1 is 1.44 bits per heavy atom. The van der Waals surface area contributed by atoms with Crippen molar-refractivity contribution in [2.24, 2.45) is 11.7 Å². The average molecular weight is 254 g/mol. The van der Waals surface area contributed by atoms with Gasteiger partial charge < -0.3 is 15.8 Å². The third kappa shape index (κ3) is 3.96. The molecule has 0 spiro atoms. The van der Waals surface area contributed by atoms with Crippen LogP contribution < -0.4 is 15.8 Å². The van der Waals surface area contributed by atoms with Crippen molar-refractivity contribution in [1.29, 1.82) is 0 Å². The second kappa shape index (κ2) is 7.34. The average Bonchev–Trinajstić information content (AvgIpc) is 2.38. The zero-order chi connectivity index (χ0) is 13.5. The zero-order valence-corrected chi connectivity index (χ0v) is 11.4. The van der Waals surface area contributed by atoms with Crippen LogP contribution in [0.4, 0.5) is 4.39 Å². The fraction of sp³-hybridized carbons (Fsp3) is 0.571. The first-order chi connectivity index (χ1) is 8.62. The molecule has 3 N–H and O–H groups in total. The Morgan fingerprint density at radius 2 is 2.17 bits per heavy atom. The van der Waals surface area contributed by atoms with Crippen molar-refractivity contribution in [2.75, 3.05) is 20.2 Å². The summed E-state index contributed by atoms with van der Waals surface area (Å²) in [5.41, 5.74) is 6.55. The number of hydrogen-bond donors (Lipinski definition) is 2. The molecular weight excluding hydrogens is 231 g/mol. The van der Waals surface area contributed by atoms with Gasteiger partial charge in [-0.2, -0.15) is 0 Å². The van der Waals surface area contributed by atoms with E-state index in [0.29, 0.717) is 24.8 Å². The lowest BCUT2D eigenvalue weighted by atomic mass is 9.96. The van der Waals surface area contributed by atoms with Crippen molar-refractivity contribution in [2.45, 2.75) is 26.3 Å². The van der Waals surface area contributed by atoms with Gasteiger partial charge >= 0.3 is 0 Å². The third-order valence-electron chi connectivity index (χ3n) is 3.05. The Hall–Kier alpha value is -1.13. The van der Waals surface area contributed by atoms with E-state index in [-0.39, 0.29) is 11.9 Å². The summed E-state index contributed by atoms with van der Waals surface area (Å²) in [4.78, 5) is 0. The molecule has 0 fully saturated rings. The first-order valence-corrected chi connectivity index (χ1v) is 6.41. The van der Waals surface area contributed by atoms with Gasteiger partial charge in [-0.05, 0) is 50.6 Å². The van der Waals surface area contributed by atoms with Crippen molar-refractivity contribution in [3.63, 3.8) is 0 Å². The van der Waals surface area contributed by atoms with E-state index in [1.54, 1.807) is 6.07 Å². The van der Waals surface area contributed by atoms with E-state index in [9.17, 15) is 4.39 Å². The van der Waals surface area contributed by atoms with Crippen LogP contribution in [0.5, 0.6) is 5.75 Å². The van der Waals surface area contributed by atoms with Crippen LogP contribution in [0.15, 0.2) is 18.2 Å². The van der Waals surface area contributed by atoms with Gasteiger partial charge in [0.1, 0.15) is 0 Å². The summed E-state index contributed by atoms with van der Waals surface area (Å²) >= 11 is 0. The molecule has 0 amide bonds. The standard InChI is InChI=1S/C14H23FN2O/c1-4-18-14-6-5-11(8-12(14)15)13(17-3)7-10(2)9-16/h5-6,8,10,13,17H,4,7,9,16H2,1-3H3. The lowest BCUT2D eigenvalue weighted by molar-refractivity contribution is 0.321. The summed E-state index contributed by atoms with van der Waals surface area (Å²) in [7, 11) is 1.88. The second-order valence-electron chi connectivity index (χ2n) is 4.54. The molecule has 1 aromatic rings. The second-order valence-corrected chi connectivity index (χ2v) is 4.54. The number of halogens is 1. The normalized spacial score (nSPS) is 14.3. The van der Waals surface area contributed by atoms with E-state index in [2.05, 4.69) is 12.2 Å². The molecule has 0 saturated carbocycles. The maximum absolute atomic E-state index is 13.8. The monoisotopic (exact) mass is 254 g/mol. The first-order valence-electron chi connectivity index (χ1n) is 6.41. The summed E-state index contributed by atoms with van der Waals surface area (Å²) < 4.78 is 19.0. The van der Waals surface area contributed by atoms with E-state index in [0.717, 1.165) is 12.0 Å². The molecule has 2 atom stereocenters. The highest BCUT2D eigenvalue weighted by Gasteiger charge is 2.15. The van der Waals surface area contributed by atoms with Gasteiger partial charge in [-0.3, -0.25) is 0 Å². The van der Waals surface area contributed by atoms with Gasteiger partial charge in [-0.1, -0.05) is 13.0 Å². The molecule has 1 rings (SSSR count). The predicted octanol–water partition coefficient (Wildman–Crippen LogP) is 2.47. The zero-order valence-electron chi connectivity index (χ0n) is 11.4. The van der Waals surface area contributed by atoms with Crippen LogP contribution in [0, 0.1) is 11.7 Å². The Kier molecular flexibility index (Phi) is 6.09. The maximum atomic E-state index is 13.8. The van der Waals surface area contributed by atoms with Crippen molar-refractivity contribution >= 4 is 0 Å². The van der Waals surface area contributed by atoms with Crippen LogP contribution in [0.2, 0.25) is 0 Å². The van der Waals surface area contributed by atoms with Crippen molar-refractivity contribution in [3.8, 4) is 5.75 Å². The summed E-state index contributed by atoms with van der Waals surface area (Å²) in [5.74, 6) is 0.398. The summed E-state index contributed by atoms with van der Waals surface area (Å²) in [6, 6.07) is 5.24. The highest BCUT2D eigenvalue weighted by atomic mass is 19.1. The van der Waals surface area contributed by atoms with Gasteiger partial charge in [-0.15, -0.1) is 0 Å². The molecule has 3 nitrogen and oxygen atoms in total. The lowest BCUT2D eigenvalue weighted by Gasteiger charge is -2.20. The largest absolute Gasteiger partial charge is 0.491 e. The van der Waals surface area contributed by atoms with Crippen LogP contribution in [0.1, 0.15) is 31.9 Å². The first kappa shape index (κ1) is 14.9. The highest BCUT2D eigenvalue weighted by molar-refractivity contribution is 5.31. The minimum atomic E-state index is -0.310. The number of hydrogen-bond acceptors (Lipinski definition) is 3. The van der Waals surface area contributed by atoms with E-state index in [4.69, 9.17) is 10.5 Å². The number of rotatable bonds is 7. The van der Waals surface area contributed by atoms with Crippen LogP contribution >= 0.6 is 0 Å². The molecular formula is C14H23FN2O. The van der Waals surface area contributed by atoms with Crippen molar-refractivity contribution in [3.05, 3.63) is 29.6 Å². The molecule has 18 heavy (non-hydrogen) atoms. The van der Waals surface area contributed by atoms with Gasteiger partial charge in [0.15, 0.2) is 11.6 Å². The molecule has 4 heteroatoms. The molecule has 0 aromatic heterocycles. The minimum Gasteiger partial charge on any atom is -0.491 e. The number of benzene rings is 1. The van der Waals surface area contributed by atoms with Crippen LogP contribution in [0.3, 0.4) is 0 Å². The van der Waals surface area contributed by atoms with Crippen LogP contribution in [-0.2, 0) is 0 Å². The van der Waals surface area contributed by atoms with Gasteiger partial charge in [0.25, 0.3) is 0 Å².